The molecule has 0 heterocycles. The molecule has 1 aromatic rings. The van der Waals surface area contributed by atoms with Gasteiger partial charge in [0.1, 0.15) is 22.8 Å². The van der Waals surface area contributed by atoms with Gasteiger partial charge in [-0.15, -0.1) is 0 Å². The second kappa shape index (κ2) is 8.12. The highest BCUT2D eigenvalue weighted by molar-refractivity contribution is 6.25. The van der Waals surface area contributed by atoms with Crippen molar-refractivity contribution in [1.82, 2.24) is 0 Å². The predicted octanol–water partition coefficient (Wildman–Crippen LogP) is 4.11. The third kappa shape index (κ3) is 3.17. The van der Waals surface area contributed by atoms with Gasteiger partial charge in [-0.05, 0) is 56.2 Å². The Bertz CT molecular complexity index is 1360. The Labute approximate surface area is 215 Å². The molecule has 4 atom stereocenters. The molecule has 8 nitrogen and oxygen atoms in total. The maximum atomic E-state index is 14.0. The number of aryl methyl sites for hydroxylation is 1. The minimum atomic E-state index is -2.65. The summed E-state index contributed by atoms with van der Waals surface area (Å²) < 4.78 is 0. The van der Waals surface area contributed by atoms with E-state index in [0.29, 0.717) is 17.5 Å². The molecule has 1 aromatic carbocycles. The molecule has 4 N–H and O–H groups in total. The summed E-state index contributed by atoms with van der Waals surface area (Å²) in [5.74, 6) is -6.11. The average molecular weight is 511 g/mol. The lowest BCUT2D eigenvalue weighted by molar-refractivity contribution is -0.171. The quantitative estimate of drug-likeness (QED) is 0.349. The minimum absolute atomic E-state index is 0.0210. The molecule has 37 heavy (non-hydrogen) atoms. The Balaban J connectivity index is 2.10. The molecule has 0 saturated heterocycles. The number of rotatable bonds is 4. The van der Waals surface area contributed by atoms with E-state index in [0.717, 1.165) is 6.92 Å². The van der Waals surface area contributed by atoms with E-state index in [1.54, 1.807) is 33.8 Å². The Morgan fingerprint density at radius 1 is 1.08 bits per heavy atom. The van der Waals surface area contributed by atoms with Crippen LogP contribution in [-0.4, -0.2) is 49.2 Å². The topological polar surface area (TPSA) is 149 Å². The number of aliphatic hydroxyl groups is 3. The number of phenols is 1. The number of allylic oxidation sites excluding steroid dienone is 2. The molecule has 0 spiro atoms. The summed E-state index contributed by atoms with van der Waals surface area (Å²) in [6, 6.07) is 1.58. The van der Waals surface area contributed by atoms with Gasteiger partial charge in [0.15, 0.2) is 23.0 Å². The lowest BCUT2D eigenvalue weighted by Crippen LogP contribution is -2.67. The van der Waals surface area contributed by atoms with Crippen molar-refractivity contribution in [2.45, 2.75) is 73.3 Å². The van der Waals surface area contributed by atoms with Gasteiger partial charge in [-0.25, -0.2) is 0 Å². The van der Waals surface area contributed by atoms with E-state index in [2.05, 4.69) is 0 Å². The second-order valence-corrected chi connectivity index (χ2v) is 11.7. The summed E-state index contributed by atoms with van der Waals surface area (Å²) in [5.41, 5.74) is -4.89. The number of ketones is 4. The predicted molar refractivity (Wildman–Crippen MR) is 135 cm³/mol. The van der Waals surface area contributed by atoms with Gasteiger partial charge in [0.05, 0.1) is 11.1 Å². The SMILES string of the molecule is CCc1cc(C(C)=O)c(O)c2c1C[C@]1(C)C[C@]3(C)C(C(C)C)C(O)=C(C(C)=O)C(=O)[C@]3(O)C(O)=C1C2=O. The molecule has 0 aromatic heterocycles. The third-order valence-corrected chi connectivity index (χ3v) is 8.86. The van der Waals surface area contributed by atoms with E-state index >= 15 is 0 Å². The smallest absolute Gasteiger partial charge is 0.209 e. The molecule has 198 valence electrons. The molecular formula is C29H34O8. The standard InChI is InChI=1S/C29H34O8/c1-8-15-9-16(13(4)30)22(32)19-17(15)10-27(6)11-28(7)20(12(2)3)23(33)18(14(5)31)25(35)29(28,37)26(36)21(27)24(19)34/h9,12,20,32-33,36-37H,8,10-11H2,1-7H3/t20?,27-,28-,29+/m1/s1. The fraction of sp³-hybridized carbons (Fsp3) is 0.517. The first kappa shape index (κ1) is 26.8. The Morgan fingerprint density at radius 2 is 1.68 bits per heavy atom. The van der Waals surface area contributed by atoms with E-state index in [-0.39, 0.29) is 35.5 Å². The molecule has 0 fully saturated rings. The van der Waals surface area contributed by atoms with Crippen LogP contribution in [0.1, 0.15) is 86.7 Å². The fourth-order valence-corrected chi connectivity index (χ4v) is 7.46. The van der Waals surface area contributed by atoms with Crippen molar-refractivity contribution in [3.05, 3.63) is 51.0 Å². The van der Waals surface area contributed by atoms with Crippen molar-refractivity contribution in [1.29, 1.82) is 0 Å². The molecule has 0 saturated carbocycles. The molecule has 4 rings (SSSR count). The zero-order chi connectivity index (χ0) is 28.0. The lowest BCUT2D eigenvalue weighted by Gasteiger charge is -2.59. The van der Waals surface area contributed by atoms with Crippen molar-refractivity contribution in [2.75, 3.05) is 0 Å². The first-order valence-corrected chi connectivity index (χ1v) is 12.6. The van der Waals surface area contributed by atoms with Crippen molar-refractivity contribution in [3.8, 4) is 5.75 Å². The molecule has 0 amide bonds. The van der Waals surface area contributed by atoms with Gasteiger partial charge in [-0.1, -0.05) is 34.6 Å². The van der Waals surface area contributed by atoms with Crippen LogP contribution in [0.15, 0.2) is 28.7 Å². The number of carbonyl (C=O) groups excluding carboxylic acids is 4. The van der Waals surface area contributed by atoms with Gasteiger partial charge in [0.2, 0.25) is 5.78 Å². The number of aromatic hydroxyl groups is 1. The highest BCUT2D eigenvalue weighted by Gasteiger charge is 2.71. The van der Waals surface area contributed by atoms with Crippen LogP contribution in [0.25, 0.3) is 0 Å². The van der Waals surface area contributed by atoms with Gasteiger partial charge in [-0.2, -0.15) is 0 Å². The highest BCUT2D eigenvalue weighted by atomic mass is 16.3. The number of phenolic OH excluding ortho intramolecular Hbond substituents is 1. The summed E-state index contributed by atoms with van der Waals surface area (Å²) in [5, 5.41) is 45.8. The van der Waals surface area contributed by atoms with E-state index in [4.69, 9.17) is 0 Å². The van der Waals surface area contributed by atoms with Crippen LogP contribution in [0.3, 0.4) is 0 Å². The zero-order valence-corrected chi connectivity index (χ0v) is 22.3. The number of hydrogen-bond donors (Lipinski definition) is 4. The van der Waals surface area contributed by atoms with E-state index < -0.39 is 68.3 Å². The van der Waals surface area contributed by atoms with Crippen molar-refractivity contribution in [3.63, 3.8) is 0 Å². The largest absolute Gasteiger partial charge is 0.511 e. The first-order chi connectivity index (χ1) is 17.0. The van der Waals surface area contributed by atoms with Crippen LogP contribution in [-0.2, 0) is 22.4 Å². The summed E-state index contributed by atoms with van der Waals surface area (Å²) in [6.07, 6.45) is 0.706. The summed E-state index contributed by atoms with van der Waals surface area (Å²) >= 11 is 0. The Morgan fingerprint density at radius 3 is 2.16 bits per heavy atom. The maximum Gasteiger partial charge on any atom is 0.209 e. The maximum absolute atomic E-state index is 14.0. The fourth-order valence-electron chi connectivity index (χ4n) is 7.46. The summed E-state index contributed by atoms with van der Waals surface area (Å²) in [4.78, 5) is 52.3. The molecular weight excluding hydrogens is 476 g/mol. The molecule has 3 aliphatic carbocycles. The molecule has 1 unspecified atom stereocenters. The Kier molecular flexibility index (Phi) is 5.88. The second-order valence-electron chi connectivity index (χ2n) is 11.7. The molecule has 0 aliphatic heterocycles. The number of aliphatic hydroxyl groups excluding tert-OH is 2. The van der Waals surface area contributed by atoms with Crippen molar-refractivity contribution in [2.24, 2.45) is 22.7 Å². The van der Waals surface area contributed by atoms with Crippen LogP contribution in [0.2, 0.25) is 0 Å². The van der Waals surface area contributed by atoms with Gasteiger partial charge in [-0.3, -0.25) is 19.2 Å². The number of fused-ring (bicyclic) bond motifs is 3. The van der Waals surface area contributed by atoms with Gasteiger partial charge < -0.3 is 20.4 Å². The number of Topliss-reactive ketones (excluding diaryl/α,β-unsaturated/α-hetero) is 4. The van der Waals surface area contributed by atoms with Crippen LogP contribution in [0.5, 0.6) is 5.75 Å². The number of carbonyl (C=O) groups is 4. The monoisotopic (exact) mass is 510 g/mol. The Hall–Kier alpha value is -3.26. The van der Waals surface area contributed by atoms with E-state index in [1.165, 1.54) is 6.92 Å². The van der Waals surface area contributed by atoms with Crippen LogP contribution >= 0.6 is 0 Å². The normalized spacial score (nSPS) is 31.3. The highest BCUT2D eigenvalue weighted by Crippen LogP contribution is 2.65. The van der Waals surface area contributed by atoms with Crippen molar-refractivity contribution >= 4 is 23.1 Å². The van der Waals surface area contributed by atoms with Crippen molar-refractivity contribution < 1.29 is 39.6 Å². The van der Waals surface area contributed by atoms with Gasteiger partial charge in [0.25, 0.3) is 0 Å². The van der Waals surface area contributed by atoms with Crippen LogP contribution in [0, 0.1) is 22.7 Å². The zero-order valence-electron chi connectivity index (χ0n) is 22.3. The average Bonchev–Trinajstić information content (AvgIpc) is 2.75. The molecule has 0 radical (unpaired) electrons. The van der Waals surface area contributed by atoms with E-state index in [9.17, 15) is 39.6 Å². The van der Waals surface area contributed by atoms with Gasteiger partial charge in [0, 0.05) is 22.3 Å². The minimum Gasteiger partial charge on any atom is -0.511 e. The van der Waals surface area contributed by atoms with Gasteiger partial charge >= 0.3 is 0 Å². The molecule has 3 aliphatic rings. The third-order valence-electron chi connectivity index (χ3n) is 8.86. The number of hydrogen-bond acceptors (Lipinski definition) is 8. The summed E-state index contributed by atoms with van der Waals surface area (Å²) in [7, 11) is 0. The first-order valence-electron chi connectivity index (χ1n) is 12.6. The summed E-state index contributed by atoms with van der Waals surface area (Å²) in [6.45, 7) is 11.2. The lowest BCUT2D eigenvalue weighted by atomic mass is 9.44. The molecule has 8 heteroatoms. The van der Waals surface area contributed by atoms with E-state index in [1.807, 2.05) is 6.92 Å². The molecule has 0 bridgehead atoms. The van der Waals surface area contributed by atoms with Crippen LogP contribution < -0.4 is 0 Å². The van der Waals surface area contributed by atoms with Crippen LogP contribution in [0.4, 0.5) is 0 Å². The number of benzene rings is 1.